The van der Waals surface area contributed by atoms with Gasteiger partial charge in [0.05, 0.1) is 13.0 Å². The van der Waals surface area contributed by atoms with Gasteiger partial charge in [-0.25, -0.2) is 4.39 Å². The first-order valence-electron chi connectivity index (χ1n) is 5.72. The van der Waals surface area contributed by atoms with Crippen LogP contribution < -0.4 is 10.5 Å². The molecule has 1 atom stereocenters. The summed E-state index contributed by atoms with van der Waals surface area (Å²) in [5, 5.41) is 9.11. The molecule has 1 aromatic carbocycles. The van der Waals surface area contributed by atoms with Crippen LogP contribution in [0.1, 0.15) is 36.8 Å². The Bertz CT molecular complexity index is 446. The van der Waals surface area contributed by atoms with Crippen molar-refractivity contribution in [1.29, 1.82) is 0 Å². The Labute approximate surface area is 106 Å². The average molecular weight is 255 g/mol. The van der Waals surface area contributed by atoms with Gasteiger partial charge < -0.3 is 15.6 Å². The average Bonchev–Trinajstić information content (AvgIpc) is 2.28. The molecule has 0 heterocycles. The normalized spacial score (nSPS) is 12.6. The highest BCUT2D eigenvalue weighted by atomic mass is 19.1. The number of carboxylic acids is 1. The Kier molecular flexibility index (Phi) is 4.67. The van der Waals surface area contributed by atoms with Crippen molar-refractivity contribution < 1.29 is 19.0 Å². The van der Waals surface area contributed by atoms with Gasteiger partial charge in [0.1, 0.15) is 0 Å². The fourth-order valence-electron chi connectivity index (χ4n) is 1.80. The summed E-state index contributed by atoms with van der Waals surface area (Å²) in [6, 6.07) is 3.01. The Balaban J connectivity index is 3.42. The number of hydrogen-bond acceptors (Lipinski definition) is 3. The zero-order valence-electron chi connectivity index (χ0n) is 10.7. The van der Waals surface area contributed by atoms with Crippen LogP contribution in [0.4, 0.5) is 4.39 Å². The summed E-state index contributed by atoms with van der Waals surface area (Å²) in [5.74, 6) is -2.56. The maximum Gasteiger partial charge on any atom is 0.312 e. The van der Waals surface area contributed by atoms with Crippen LogP contribution in [-0.2, 0) is 4.79 Å². The number of methoxy groups -OCH3 is 1. The monoisotopic (exact) mass is 255 g/mol. The maximum atomic E-state index is 13.9. The lowest BCUT2D eigenvalue weighted by Crippen LogP contribution is -2.22. The van der Waals surface area contributed by atoms with Crippen molar-refractivity contribution in [3.05, 3.63) is 29.1 Å². The molecule has 0 bridgehead atoms. The highest BCUT2D eigenvalue weighted by molar-refractivity contribution is 5.77. The van der Waals surface area contributed by atoms with E-state index >= 15 is 0 Å². The van der Waals surface area contributed by atoms with Crippen molar-refractivity contribution >= 4 is 5.97 Å². The molecule has 18 heavy (non-hydrogen) atoms. The topological polar surface area (TPSA) is 72.5 Å². The van der Waals surface area contributed by atoms with Crippen molar-refractivity contribution in [1.82, 2.24) is 0 Å². The minimum Gasteiger partial charge on any atom is -0.493 e. The van der Waals surface area contributed by atoms with Crippen molar-refractivity contribution in [3.63, 3.8) is 0 Å². The molecule has 0 saturated heterocycles. The van der Waals surface area contributed by atoms with Gasteiger partial charge in [0.2, 0.25) is 0 Å². The number of aliphatic carboxylic acids is 1. The predicted octanol–water partition coefficient (Wildman–Crippen LogP) is 2.08. The smallest absolute Gasteiger partial charge is 0.312 e. The molecule has 100 valence electrons. The largest absolute Gasteiger partial charge is 0.493 e. The second kappa shape index (κ2) is 5.82. The van der Waals surface area contributed by atoms with E-state index < -0.39 is 17.7 Å². The van der Waals surface area contributed by atoms with Gasteiger partial charge in [-0.3, -0.25) is 4.79 Å². The number of carboxylic acid groups (broad SMARTS) is 1. The minimum atomic E-state index is -1.09. The molecule has 1 unspecified atom stereocenters. The van der Waals surface area contributed by atoms with Crippen molar-refractivity contribution in [3.8, 4) is 5.75 Å². The third-order valence-electron chi connectivity index (χ3n) is 2.87. The van der Waals surface area contributed by atoms with E-state index in [4.69, 9.17) is 15.6 Å². The third kappa shape index (κ3) is 2.79. The first-order chi connectivity index (χ1) is 8.42. The lowest BCUT2D eigenvalue weighted by molar-refractivity contribution is -0.138. The zero-order chi connectivity index (χ0) is 13.9. The second-order valence-electron chi connectivity index (χ2n) is 4.41. The molecule has 3 N–H and O–H groups in total. The SMILES string of the molecule is COc1c(F)cc(C(C)C)cc1C(CN)C(=O)O. The lowest BCUT2D eigenvalue weighted by Gasteiger charge is -2.18. The van der Waals surface area contributed by atoms with Crippen molar-refractivity contribution in [2.24, 2.45) is 5.73 Å². The fraction of sp³-hybridized carbons (Fsp3) is 0.462. The molecule has 5 heteroatoms. The number of benzene rings is 1. The van der Waals surface area contributed by atoms with E-state index in [1.165, 1.54) is 13.2 Å². The first kappa shape index (κ1) is 14.4. The summed E-state index contributed by atoms with van der Waals surface area (Å²) >= 11 is 0. The van der Waals surface area contributed by atoms with Crippen LogP contribution in [0.3, 0.4) is 0 Å². The summed E-state index contributed by atoms with van der Waals surface area (Å²) in [6.45, 7) is 3.71. The third-order valence-corrected chi connectivity index (χ3v) is 2.87. The molecule has 0 aromatic heterocycles. The number of carbonyl (C=O) groups is 1. The minimum absolute atomic E-state index is 0.0442. The van der Waals surface area contributed by atoms with Crippen LogP contribution in [-0.4, -0.2) is 24.7 Å². The van der Waals surface area contributed by atoms with E-state index in [0.717, 1.165) is 5.56 Å². The molecule has 0 saturated carbocycles. The Hall–Kier alpha value is -1.62. The van der Waals surface area contributed by atoms with E-state index in [2.05, 4.69) is 0 Å². The molecule has 0 amide bonds. The number of hydrogen-bond donors (Lipinski definition) is 2. The molecule has 0 spiro atoms. The second-order valence-corrected chi connectivity index (χ2v) is 4.41. The maximum absolute atomic E-state index is 13.9. The molecule has 0 radical (unpaired) electrons. The zero-order valence-corrected chi connectivity index (χ0v) is 10.7. The highest BCUT2D eigenvalue weighted by Gasteiger charge is 2.25. The molecule has 0 fully saturated rings. The van der Waals surface area contributed by atoms with E-state index in [1.54, 1.807) is 6.07 Å². The van der Waals surface area contributed by atoms with Gasteiger partial charge in [-0.05, 0) is 17.5 Å². The predicted molar refractivity (Wildman–Crippen MR) is 66.5 cm³/mol. The number of ether oxygens (including phenoxy) is 1. The van der Waals surface area contributed by atoms with Crippen LogP contribution in [0.5, 0.6) is 5.75 Å². The standard InChI is InChI=1S/C13H18FNO3/c1-7(2)8-4-9(10(6-15)13(16)17)12(18-3)11(14)5-8/h4-5,7,10H,6,15H2,1-3H3,(H,16,17). The quantitative estimate of drug-likeness (QED) is 0.845. The van der Waals surface area contributed by atoms with Crippen molar-refractivity contribution in [2.75, 3.05) is 13.7 Å². The first-order valence-corrected chi connectivity index (χ1v) is 5.72. The number of rotatable bonds is 5. The van der Waals surface area contributed by atoms with E-state index in [1.807, 2.05) is 13.8 Å². The Morgan fingerprint density at radius 1 is 1.50 bits per heavy atom. The molecule has 1 aromatic rings. The molecule has 0 aliphatic heterocycles. The molecule has 4 nitrogen and oxygen atoms in total. The molecule has 0 aliphatic carbocycles. The van der Waals surface area contributed by atoms with Gasteiger partial charge >= 0.3 is 5.97 Å². The molecular weight excluding hydrogens is 237 g/mol. The summed E-state index contributed by atoms with van der Waals surface area (Å²) in [7, 11) is 1.31. The van der Waals surface area contributed by atoms with E-state index in [-0.39, 0.29) is 23.8 Å². The van der Waals surface area contributed by atoms with Crippen LogP contribution in [0.2, 0.25) is 0 Å². The van der Waals surface area contributed by atoms with Gasteiger partial charge in [-0.1, -0.05) is 19.9 Å². The van der Waals surface area contributed by atoms with Crippen LogP contribution in [0, 0.1) is 5.82 Å². The molecular formula is C13H18FNO3. The highest BCUT2D eigenvalue weighted by Crippen LogP contribution is 2.32. The van der Waals surface area contributed by atoms with Crippen LogP contribution >= 0.6 is 0 Å². The Morgan fingerprint density at radius 3 is 2.50 bits per heavy atom. The van der Waals surface area contributed by atoms with Crippen LogP contribution in [0.15, 0.2) is 12.1 Å². The van der Waals surface area contributed by atoms with Gasteiger partial charge in [0.15, 0.2) is 11.6 Å². The van der Waals surface area contributed by atoms with Gasteiger partial charge in [-0.15, -0.1) is 0 Å². The van der Waals surface area contributed by atoms with E-state index in [0.29, 0.717) is 0 Å². The van der Waals surface area contributed by atoms with Crippen molar-refractivity contribution in [2.45, 2.75) is 25.7 Å². The van der Waals surface area contributed by atoms with Crippen LogP contribution in [0.25, 0.3) is 0 Å². The number of halogens is 1. The van der Waals surface area contributed by atoms with Gasteiger partial charge in [0, 0.05) is 12.1 Å². The molecule has 1 rings (SSSR count). The molecule has 0 aliphatic rings. The van der Waals surface area contributed by atoms with Gasteiger partial charge in [-0.2, -0.15) is 0 Å². The lowest BCUT2D eigenvalue weighted by atomic mass is 9.92. The van der Waals surface area contributed by atoms with Gasteiger partial charge in [0.25, 0.3) is 0 Å². The summed E-state index contributed by atoms with van der Waals surface area (Å²) in [4.78, 5) is 11.1. The van der Waals surface area contributed by atoms with E-state index in [9.17, 15) is 9.18 Å². The fourth-order valence-corrected chi connectivity index (χ4v) is 1.80. The number of nitrogens with two attached hydrogens (primary N) is 1. The summed E-state index contributed by atoms with van der Waals surface area (Å²) in [5.41, 5.74) is 6.46. The summed E-state index contributed by atoms with van der Waals surface area (Å²) in [6.07, 6.45) is 0. The Morgan fingerprint density at radius 2 is 2.11 bits per heavy atom. The summed E-state index contributed by atoms with van der Waals surface area (Å²) < 4.78 is 18.8.